The van der Waals surface area contributed by atoms with Crippen molar-refractivity contribution in [1.29, 1.82) is 0 Å². The third-order valence-corrected chi connectivity index (χ3v) is 2.04. The van der Waals surface area contributed by atoms with Crippen LogP contribution >= 0.6 is 0 Å². The number of aromatic nitrogens is 1. The molecule has 1 rings (SSSR count). The van der Waals surface area contributed by atoms with Gasteiger partial charge in [0.05, 0.1) is 6.04 Å². The van der Waals surface area contributed by atoms with Gasteiger partial charge in [-0.05, 0) is 38.5 Å². The van der Waals surface area contributed by atoms with E-state index in [1.165, 1.54) is 0 Å². The van der Waals surface area contributed by atoms with Crippen LogP contribution in [0.3, 0.4) is 0 Å². The van der Waals surface area contributed by atoms with E-state index in [1.807, 2.05) is 32.9 Å². The summed E-state index contributed by atoms with van der Waals surface area (Å²) in [5.74, 6) is 0. The van der Waals surface area contributed by atoms with Crippen molar-refractivity contribution in [3.05, 3.63) is 30.1 Å². The van der Waals surface area contributed by atoms with E-state index in [1.54, 1.807) is 12.4 Å². The fourth-order valence-corrected chi connectivity index (χ4v) is 1.32. The molecule has 3 N–H and O–H groups in total. The quantitative estimate of drug-likeness (QED) is 0.837. The van der Waals surface area contributed by atoms with Crippen LogP contribution in [0.5, 0.6) is 0 Å². The van der Waals surface area contributed by atoms with Gasteiger partial charge in [0.2, 0.25) is 0 Å². The van der Waals surface area contributed by atoms with Gasteiger partial charge in [-0.3, -0.25) is 4.98 Å². The first-order chi connectivity index (χ1) is 7.92. The standard InChI is InChI=1S/C12H19N3O2/c1-12(2,3)17-11(16)15-10(8-13)9-4-6-14-7-5-9/h4-7,10H,8,13H2,1-3H3,(H,15,16). The maximum Gasteiger partial charge on any atom is 0.408 e. The number of hydrogen-bond donors (Lipinski definition) is 2. The lowest BCUT2D eigenvalue weighted by Crippen LogP contribution is -2.37. The number of carbonyl (C=O) groups excluding carboxylic acids is 1. The van der Waals surface area contributed by atoms with E-state index >= 15 is 0 Å². The normalized spacial score (nSPS) is 12.9. The molecule has 1 unspecified atom stereocenters. The molecule has 0 saturated carbocycles. The molecule has 5 nitrogen and oxygen atoms in total. The van der Waals surface area contributed by atoms with Crippen LogP contribution in [0.4, 0.5) is 4.79 Å². The predicted molar refractivity (Wildman–Crippen MR) is 65.4 cm³/mol. The SMILES string of the molecule is CC(C)(C)OC(=O)NC(CN)c1ccncc1. The van der Waals surface area contributed by atoms with Crippen molar-refractivity contribution < 1.29 is 9.53 Å². The van der Waals surface area contributed by atoms with Crippen molar-refractivity contribution in [3.63, 3.8) is 0 Å². The Morgan fingerprint density at radius 2 is 2.06 bits per heavy atom. The van der Waals surface area contributed by atoms with Crippen LogP contribution in [0, 0.1) is 0 Å². The zero-order chi connectivity index (χ0) is 12.9. The number of hydrogen-bond acceptors (Lipinski definition) is 4. The second-order valence-corrected chi connectivity index (χ2v) is 4.72. The molecule has 1 aromatic heterocycles. The molecule has 1 amide bonds. The van der Waals surface area contributed by atoms with Gasteiger partial charge < -0.3 is 15.8 Å². The highest BCUT2D eigenvalue weighted by molar-refractivity contribution is 5.68. The second kappa shape index (κ2) is 5.63. The van der Waals surface area contributed by atoms with Gasteiger partial charge in [-0.15, -0.1) is 0 Å². The van der Waals surface area contributed by atoms with Gasteiger partial charge in [0.15, 0.2) is 0 Å². The molecule has 0 saturated heterocycles. The van der Waals surface area contributed by atoms with E-state index in [9.17, 15) is 4.79 Å². The molecule has 0 aliphatic rings. The molecule has 94 valence electrons. The highest BCUT2D eigenvalue weighted by Gasteiger charge is 2.19. The first kappa shape index (κ1) is 13.4. The molecule has 1 heterocycles. The summed E-state index contributed by atoms with van der Waals surface area (Å²) in [6.45, 7) is 5.76. The maximum absolute atomic E-state index is 11.6. The molecule has 1 aromatic rings. The molecular formula is C12H19N3O2. The van der Waals surface area contributed by atoms with Crippen LogP contribution in [0.15, 0.2) is 24.5 Å². The van der Waals surface area contributed by atoms with Gasteiger partial charge in [0.25, 0.3) is 0 Å². The molecule has 1 atom stereocenters. The molecule has 5 heteroatoms. The largest absolute Gasteiger partial charge is 0.444 e. The van der Waals surface area contributed by atoms with Crippen LogP contribution in [0.2, 0.25) is 0 Å². The van der Waals surface area contributed by atoms with Crippen LogP contribution in [-0.2, 0) is 4.74 Å². The monoisotopic (exact) mass is 237 g/mol. The average molecular weight is 237 g/mol. The van der Waals surface area contributed by atoms with Gasteiger partial charge in [-0.2, -0.15) is 0 Å². The van der Waals surface area contributed by atoms with Crippen molar-refractivity contribution in [2.45, 2.75) is 32.4 Å². The Hall–Kier alpha value is -1.62. The lowest BCUT2D eigenvalue weighted by atomic mass is 10.1. The number of amides is 1. The van der Waals surface area contributed by atoms with Crippen molar-refractivity contribution in [3.8, 4) is 0 Å². The third-order valence-electron chi connectivity index (χ3n) is 2.04. The second-order valence-electron chi connectivity index (χ2n) is 4.72. The minimum absolute atomic E-state index is 0.257. The van der Waals surface area contributed by atoms with Crippen LogP contribution < -0.4 is 11.1 Å². The molecule has 0 aromatic carbocycles. The minimum atomic E-state index is -0.512. The third kappa shape index (κ3) is 4.82. The van der Waals surface area contributed by atoms with E-state index < -0.39 is 11.7 Å². The summed E-state index contributed by atoms with van der Waals surface area (Å²) in [4.78, 5) is 15.5. The number of nitrogens with zero attached hydrogens (tertiary/aromatic N) is 1. The molecule has 17 heavy (non-hydrogen) atoms. The lowest BCUT2D eigenvalue weighted by molar-refractivity contribution is 0.0505. The summed E-state index contributed by atoms with van der Waals surface area (Å²) in [5, 5.41) is 2.73. The van der Waals surface area contributed by atoms with E-state index in [4.69, 9.17) is 10.5 Å². The Morgan fingerprint density at radius 1 is 1.47 bits per heavy atom. The average Bonchev–Trinajstić information content (AvgIpc) is 2.24. The number of pyridine rings is 1. The van der Waals surface area contributed by atoms with Crippen LogP contribution in [-0.4, -0.2) is 23.2 Å². The van der Waals surface area contributed by atoms with Crippen molar-refractivity contribution in [2.75, 3.05) is 6.54 Å². The molecule has 0 fully saturated rings. The molecule has 0 aliphatic carbocycles. The Morgan fingerprint density at radius 3 is 2.53 bits per heavy atom. The lowest BCUT2D eigenvalue weighted by Gasteiger charge is -2.23. The van der Waals surface area contributed by atoms with Gasteiger partial charge in [0, 0.05) is 18.9 Å². The first-order valence-corrected chi connectivity index (χ1v) is 5.52. The molecule has 0 aliphatic heterocycles. The number of nitrogens with two attached hydrogens (primary N) is 1. The Kier molecular flexibility index (Phi) is 4.45. The van der Waals surface area contributed by atoms with Crippen LogP contribution in [0.1, 0.15) is 32.4 Å². The minimum Gasteiger partial charge on any atom is -0.444 e. The molecule has 0 bridgehead atoms. The Balaban J connectivity index is 2.62. The number of rotatable bonds is 3. The highest BCUT2D eigenvalue weighted by Crippen LogP contribution is 2.12. The zero-order valence-electron chi connectivity index (χ0n) is 10.4. The molecule has 0 spiro atoms. The van der Waals surface area contributed by atoms with Crippen molar-refractivity contribution in [2.24, 2.45) is 5.73 Å². The predicted octanol–water partition coefficient (Wildman–Crippen LogP) is 1.61. The number of nitrogens with one attached hydrogen (secondary N) is 1. The van der Waals surface area contributed by atoms with E-state index in [0.717, 1.165) is 5.56 Å². The molecular weight excluding hydrogens is 218 g/mol. The topological polar surface area (TPSA) is 77.2 Å². The van der Waals surface area contributed by atoms with E-state index in [0.29, 0.717) is 6.54 Å². The summed E-state index contributed by atoms with van der Waals surface area (Å²) < 4.78 is 5.17. The summed E-state index contributed by atoms with van der Waals surface area (Å²) in [7, 11) is 0. The fraction of sp³-hybridized carbons (Fsp3) is 0.500. The Labute approximate surface area is 101 Å². The maximum atomic E-state index is 11.6. The number of carbonyl (C=O) groups is 1. The Bertz CT molecular complexity index is 360. The van der Waals surface area contributed by atoms with E-state index in [-0.39, 0.29) is 6.04 Å². The van der Waals surface area contributed by atoms with Gasteiger partial charge >= 0.3 is 6.09 Å². The van der Waals surface area contributed by atoms with E-state index in [2.05, 4.69) is 10.3 Å². The zero-order valence-corrected chi connectivity index (χ0v) is 10.4. The highest BCUT2D eigenvalue weighted by atomic mass is 16.6. The summed E-state index contributed by atoms with van der Waals surface area (Å²) >= 11 is 0. The molecule has 0 radical (unpaired) electrons. The fourth-order valence-electron chi connectivity index (χ4n) is 1.32. The smallest absolute Gasteiger partial charge is 0.408 e. The van der Waals surface area contributed by atoms with Gasteiger partial charge in [0.1, 0.15) is 5.60 Å². The number of ether oxygens (including phenoxy) is 1. The van der Waals surface area contributed by atoms with Crippen LogP contribution in [0.25, 0.3) is 0 Å². The number of alkyl carbamates (subject to hydrolysis) is 1. The van der Waals surface area contributed by atoms with Gasteiger partial charge in [-0.1, -0.05) is 0 Å². The summed E-state index contributed by atoms with van der Waals surface area (Å²) in [5.41, 5.74) is 6.02. The van der Waals surface area contributed by atoms with Gasteiger partial charge in [-0.25, -0.2) is 4.79 Å². The summed E-state index contributed by atoms with van der Waals surface area (Å²) in [6, 6.07) is 3.37. The van der Waals surface area contributed by atoms with Crippen molar-refractivity contribution >= 4 is 6.09 Å². The van der Waals surface area contributed by atoms with Crippen molar-refractivity contribution in [1.82, 2.24) is 10.3 Å². The summed E-state index contributed by atoms with van der Waals surface area (Å²) in [6.07, 6.45) is 2.86. The first-order valence-electron chi connectivity index (χ1n) is 5.52.